The molecular formula is C14H17N3. The minimum atomic E-state index is 0.833. The molecule has 3 aromatic heterocycles. The number of pyridine rings is 2. The number of aromatic amines is 1. The highest BCUT2D eigenvalue weighted by Crippen LogP contribution is 2.21. The molecule has 1 N–H and O–H groups in total. The van der Waals surface area contributed by atoms with E-state index >= 15 is 0 Å². The molecule has 0 saturated carbocycles. The van der Waals surface area contributed by atoms with Crippen LogP contribution in [-0.2, 0) is 0 Å². The number of H-pyrrole nitrogens is 1. The zero-order valence-corrected chi connectivity index (χ0v) is 10.4. The molecule has 0 unspecified atom stereocenters. The summed E-state index contributed by atoms with van der Waals surface area (Å²) in [6.07, 6.45) is 5.42. The van der Waals surface area contributed by atoms with Gasteiger partial charge in [-0.25, -0.2) is 4.98 Å². The van der Waals surface area contributed by atoms with E-state index in [0.717, 1.165) is 27.9 Å². The summed E-state index contributed by atoms with van der Waals surface area (Å²) in [5.41, 5.74) is 2.01. The Morgan fingerprint density at radius 1 is 1.06 bits per heavy atom. The summed E-state index contributed by atoms with van der Waals surface area (Å²) in [6.45, 7) is 6.50. The summed E-state index contributed by atoms with van der Waals surface area (Å²) in [4.78, 5) is 11.5. The van der Waals surface area contributed by atoms with Crippen LogP contribution in [0.15, 0.2) is 36.8 Å². The average Bonchev–Trinajstić information content (AvgIpc) is 2.66. The second-order valence-electron chi connectivity index (χ2n) is 4.68. The van der Waals surface area contributed by atoms with Gasteiger partial charge in [0.05, 0.1) is 5.52 Å². The molecule has 3 rings (SSSR count). The van der Waals surface area contributed by atoms with Crippen molar-refractivity contribution in [1.29, 1.82) is 0 Å². The van der Waals surface area contributed by atoms with Crippen molar-refractivity contribution >= 4 is 21.9 Å². The van der Waals surface area contributed by atoms with Gasteiger partial charge in [0.1, 0.15) is 5.65 Å². The molecule has 3 heterocycles. The first kappa shape index (κ1) is 11.6. The van der Waals surface area contributed by atoms with Crippen LogP contribution in [0.1, 0.15) is 20.8 Å². The van der Waals surface area contributed by atoms with E-state index in [0.29, 0.717) is 0 Å². The third-order valence-electron chi connectivity index (χ3n) is 2.17. The Bertz CT molecular complexity index is 558. The van der Waals surface area contributed by atoms with Crippen molar-refractivity contribution in [2.24, 2.45) is 5.92 Å². The zero-order chi connectivity index (χ0) is 12.3. The molecule has 0 aliphatic rings. The molecule has 3 nitrogen and oxygen atoms in total. The molecule has 0 aliphatic carbocycles. The summed E-state index contributed by atoms with van der Waals surface area (Å²) in [7, 11) is 0. The molecule has 0 spiro atoms. The number of hydrogen-bond acceptors (Lipinski definition) is 2. The Labute approximate surface area is 101 Å². The zero-order valence-electron chi connectivity index (χ0n) is 10.4. The van der Waals surface area contributed by atoms with E-state index in [1.807, 2.05) is 24.4 Å². The van der Waals surface area contributed by atoms with Crippen molar-refractivity contribution in [3.63, 3.8) is 0 Å². The van der Waals surface area contributed by atoms with Gasteiger partial charge in [-0.05, 0) is 24.1 Å². The normalized spacial score (nSPS) is 10.6. The maximum absolute atomic E-state index is 4.24. The van der Waals surface area contributed by atoms with E-state index in [-0.39, 0.29) is 0 Å². The molecule has 0 amide bonds. The fourth-order valence-corrected chi connectivity index (χ4v) is 1.57. The highest BCUT2D eigenvalue weighted by Gasteiger charge is 2.02. The molecule has 0 saturated heterocycles. The van der Waals surface area contributed by atoms with E-state index in [2.05, 4.69) is 35.7 Å². The van der Waals surface area contributed by atoms with Gasteiger partial charge >= 0.3 is 0 Å². The molecule has 88 valence electrons. The molecule has 0 bridgehead atoms. The van der Waals surface area contributed by atoms with Gasteiger partial charge in [0.15, 0.2) is 0 Å². The van der Waals surface area contributed by atoms with E-state index in [9.17, 15) is 0 Å². The maximum Gasteiger partial charge on any atom is 0.138 e. The lowest BCUT2D eigenvalue weighted by Gasteiger charge is -1.86. The van der Waals surface area contributed by atoms with Crippen molar-refractivity contribution in [3.8, 4) is 0 Å². The SMILES string of the molecule is CC(C)C.c1cnc2[nH]c3ccncc3c2c1. The van der Waals surface area contributed by atoms with Crippen molar-refractivity contribution in [2.45, 2.75) is 20.8 Å². The van der Waals surface area contributed by atoms with Crippen molar-refractivity contribution < 1.29 is 0 Å². The molecule has 0 aromatic carbocycles. The second-order valence-corrected chi connectivity index (χ2v) is 4.68. The molecule has 3 heteroatoms. The van der Waals surface area contributed by atoms with Crippen LogP contribution in [-0.4, -0.2) is 15.0 Å². The van der Waals surface area contributed by atoms with Gasteiger partial charge in [-0.2, -0.15) is 0 Å². The summed E-state index contributed by atoms with van der Waals surface area (Å²) in [5.74, 6) is 0.833. The third-order valence-corrected chi connectivity index (χ3v) is 2.17. The number of nitrogens with one attached hydrogen (secondary N) is 1. The van der Waals surface area contributed by atoms with E-state index < -0.39 is 0 Å². The fraction of sp³-hybridized carbons (Fsp3) is 0.286. The van der Waals surface area contributed by atoms with Crippen LogP contribution in [0.25, 0.3) is 21.9 Å². The Hall–Kier alpha value is -1.90. The molecule has 17 heavy (non-hydrogen) atoms. The van der Waals surface area contributed by atoms with Gasteiger partial charge in [0.2, 0.25) is 0 Å². The first-order valence-corrected chi connectivity index (χ1v) is 5.85. The Morgan fingerprint density at radius 2 is 1.82 bits per heavy atom. The quantitative estimate of drug-likeness (QED) is 0.635. The lowest BCUT2D eigenvalue weighted by molar-refractivity contribution is 0.737. The second kappa shape index (κ2) is 4.95. The van der Waals surface area contributed by atoms with Gasteiger partial charge in [-0.15, -0.1) is 0 Å². The highest BCUT2D eigenvalue weighted by molar-refractivity contribution is 6.05. The van der Waals surface area contributed by atoms with Crippen LogP contribution in [0.3, 0.4) is 0 Å². The Kier molecular flexibility index (Phi) is 3.38. The minimum absolute atomic E-state index is 0.833. The summed E-state index contributed by atoms with van der Waals surface area (Å²) in [6, 6.07) is 5.93. The topological polar surface area (TPSA) is 41.6 Å². The Morgan fingerprint density at radius 3 is 2.59 bits per heavy atom. The highest BCUT2D eigenvalue weighted by atomic mass is 14.8. The van der Waals surface area contributed by atoms with E-state index in [4.69, 9.17) is 0 Å². The number of hydrogen-bond donors (Lipinski definition) is 1. The average molecular weight is 227 g/mol. The summed E-state index contributed by atoms with van der Waals surface area (Å²) >= 11 is 0. The molecule has 3 aromatic rings. The van der Waals surface area contributed by atoms with Crippen molar-refractivity contribution in [1.82, 2.24) is 15.0 Å². The standard InChI is InChI=1S/C10H7N3.C4H10/c1-2-7-8-6-11-5-3-9(8)13-10(7)12-4-1;1-4(2)3/h1-6H,(H,12,13);4H,1-3H3. The molecule has 0 atom stereocenters. The first-order chi connectivity index (χ1) is 8.18. The predicted molar refractivity (Wildman–Crippen MR) is 71.9 cm³/mol. The van der Waals surface area contributed by atoms with Gasteiger partial charge in [-0.1, -0.05) is 20.8 Å². The molecule has 0 fully saturated rings. The predicted octanol–water partition coefficient (Wildman–Crippen LogP) is 3.77. The molecule has 0 radical (unpaired) electrons. The molecular weight excluding hydrogens is 210 g/mol. The lowest BCUT2D eigenvalue weighted by Crippen LogP contribution is -1.71. The molecule has 0 aliphatic heterocycles. The van der Waals surface area contributed by atoms with Crippen LogP contribution < -0.4 is 0 Å². The number of nitrogens with zero attached hydrogens (tertiary/aromatic N) is 2. The van der Waals surface area contributed by atoms with Gasteiger partial charge in [0, 0.05) is 29.4 Å². The number of rotatable bonds is 0. The maximum atomic E-state index is 4.24. The van der Waals surface area contributed by atoms with Gasteiger partial charge in [0.25, 0.3) is 0 Å². The lowest BCUT2D eigenvalue weighted by atomic mass is 10.2. The van der Waals surface area contributed by atoms with Crippen LogP contribution in [0.5, 0.6) is 0 Å². The van der Waals surface area contributed by atoms with Crippen LogP contribution in [0.4, 0.5) is 0 Å². The van der Waals surface area contributed by atoms with Gasteiger partial charge < -0.3 is 4.98 Å². The largest absolute Gasteiger partial charge is 0.339 e. The third kappa shape index (κ3) is 2.61. The number of aromatic nitrogens is 3. The monoisotopic (exact) mass is 227 g/mol. The first-order valence-electron chi connectivity index (χ1n) is 5.85. The van der Waals surface area contributed by atoms with Crippen LogP contribution in [0.2, 0.25) is 0 Å². The minimum Gasteiger partial charge on any atom is -0.339 e. The smallest absolute Gasteiger partial charge is 0.138 e. The van der Waals surface area contributed by atoms with Crippen LogP contribution >= 0.6 is 0 Å². The summed E-state index contributed by atoms with van der Waals surface area (Å²) in [5, 5.41) is 2.26. The van der Waals surface area contributed by atoms with E-state index in [1.165, 1.54) is 0 Å². The fourth-order valence-electron chi connectivity index (χ4n) is 1.57. The summed E-state index contributed by atoms with van der Waals surface area (Å²) < 4.78 is 0. The van der Waals surface area contributed by atoms with Crippen molar-refractivity contribution in [2.75, 3.05) is 0 Å². The number of fused-ring (bicyclic) bond motifs is 3. The van der Waals surface area contributed by atoms with E-state index in [1.54, 1.807) is 12.4 Å². The van der Waals surface area contributed by atoms with Crippen molar-refractivity contribution in [3.05, 3.63) is 36.8 Å². The van der Waals surface area contributed by atoms with Gasteiger partial charge in [-0.3, -0.25) is 4.98 Å². The Balaban J connectivity index is 0.000000239. The van der Waals surface area contributed by atoms with Crippen LogP contribution in [0, 0.1) is 5.92 Å².